The Labute approximate surface area is 114 Å². The van der Waals surface area contributed by atoms with Gasteiger partial charge >= 0.3 is 5.69 Å². The number of hydrogen-bond acceptors (Lipinski definition) is 5. The SMILES string of the molecule is Cc1cc(C(C)Nc2cc3n[nH]c(=O)n3cn2)c(C)o1. The average molecular weight is 273 g/mol. The molecule has 3 aromatic rings. The van der Waals surface area contributed by atoms with Gasteiger partial charge in [-0.25, -0.2) is 19.3 Å². The minimum Gasteiger partial charge on any atom is -0.466 e. The van der Waals surface area contributed by atoms with Crippen LogP contribution < -0.4 is 11.0 Å². The molecule has 7 nitrogen and oxygen atoms in total. The molecule has 0 saturated carbocycles. The first kappa shape index (κ1) is 12.5. The molecule has 0 aliphatic rings. The molecule has 3 rings (SSSR count). The number of rotatable bonds is 3. The molecule has 0 amide bonds. The van der Waals surface area contributed by atoms with Crippen LogP contribution in [0, 0.1) is 13.8 Å². The van der Waals surface area contributed by atoms with Gasteiger partial charge in [-0.05, 0) is 26.8 Å². The summed E-state index contributed by atoms with van der Waals surface area (Å²) >= 11 is 0. The zero-order valence-corrected chi connectivity index (χ0v) is 11.5. The van der Waals surface area contributed by atoms with E-state index in [2.05, 4.69) is 20.5 Å². The van der Waals surface area contributed by atoms with Crippen molar-refractivity contribution in [1.29, 1.82) is 0 Å². The van der Waals surface area contributed by atoms with E-state index in [9.17, 15) is 4.79 Å². The zero-order chi connectivity index (χ0) is 14.3. The normalized spacial score (nSPS) is 12.8. The van der Waals surface area contributed by atoms with Gasteiger partial charge in [0.05, 0.1) is 6.04 Å². The second-order valence-corrected chi connectivity index (χ2v) is 4.77. The molecule has 7 heteroatoms. The summed E-state index contributed by atoms with van der Waals surface area (Å²) in [5, 5.41) is 9.56. The fraction of sp³-hybridized carbons (Fsp3) is 0.308. The van der Waals surface area contributed by atoms with E-state index >= 15 is 0 Å². The number of aromatic amines is 1. The minimum atomic E-state index is -0.298. The van der Waals surface area contributed by atoms with Crippen LogP contribution in [0.4, 0.5) is 5.82 Å². The molecule has 2 N–H and O–H groups in total. The number of fused-ring (bicyclic) bond motifs is 1. The standard InChI is InChI=1S/C13H15N5O2/c1-7-4-10(9(3)20-7)8(2)15-11-5-12-16-17-13(19)18(12)6-14-11/h4-6,8,15H,1-3H3,(H,17,19). The van der Waals surface area contributed by atoms with Gasteiger partial charge in [-0.1, -0.05) is 0 Å². The Bertz CT molecular complexity index is 814. The van der Waals surface area contributed by atoms with Gasteiger partial charge in [-0.2, -0.15) is 5.10 Å². The Morgan fingerprint density at radius 3 is 2.90 bits per heavy atom. The summed E-state index contributed by atoms with van der Waals surface area (Å²) in [6.07, 6.45) is 1.45. The molecular formula is C13H15N5O2. The van der Waals surface area contributed by atoms with E-state index in [1.165, 1.54) is 10.7 Å². The van der Waals surface area contributed by atoms with E-state index in [1.807, 2.05) is 26.8 Å². The maximum Gasteiger partial charge on any atom is 0.348 e. The van der Waals surface area contributed by atoms with E-state index in [-0.39, 0.29) is 11.7 Å². The van der Waals surface area contributed by atoms with Crippen molar-refractivity contribution >= 4 is 11.5 Å². The van der Waals surface area contributed by atoms with E-state index in [4.69, 9.17) is 4.42 Å². The van der Waals surface area contributed by atoms with Crippen LogP contribution in [-0.4, -0.2) is 19.6 Å². The molecule has 1 atom stereocenters. The smallest absolute Gasteiger partial charge is 0.348 e. The van der Waals surface area contributed by atoms with Gasteiger partial charge in [-0.3, -0.25) is 0 Å². The van der Waals surface area contributed by atoms with Crippen LogP contribution in [0.3, 0.4) is 0 Å². The van der Waals surface area contributed by atoms with E-state index in [0.717, 1.165) is 17.1 Å². The molecule has 3 heterocycles. The topological polar surface area (TPSA) is 88.2 Å². The molecule has 104 valence electrons. The molecule has 0 spiro atoms. The molecule has 1 unspecified atom stereocenters. The molecule has 0 radical (unpaired) electrons. The Morgan fingerprint density at radius 1 is 1.40 bits per heavy atom. The van der Waals surface area contributed by atoms with Gasteiger partial charge in [0, 0.05) is 11.6 Å². The lowest BCUT2D eigenvalue weighted by atomic mass is 10.1. The molecule has 0 aromatic carbocycles. The largest absolute Gasteiger partial charge is 0.466 e. The third-order valence-corrected chi connectivity index (χ3v) is 3.22. The molecule has 0 bridgehead atoms. The molecule has 0 aliphatic carbocycles. The van der Waals surface area contributed by atoms with Crippen molar-refractivity contribution in [3.05, 3.63) is 46.0 Å². The third kappa shape index (κ3) is 2.07. The predicted octanol–water partition coefficient (Wildman–Crippen LogP) is 1.80. The highest BCUT2D eigenvalue weighted by atomic mass is 16.3. The number of hydrogen-bond donors (Lipinski definition) is 2. The van der Waals surface area contributed by atoms with Crippen molar-refractivity contribution in [2.24, 2.45) is 0 Å². The lowest BCUT2D eigenvalue weighted by molar-refractivity contribution is 0.500. The van der Waals surface area contributed by atoms with Crippen LogP contribution in [0.25, 0.3) is 5.65 Å². The van der Waals surface area contributed by atoms with Crippen LogP contribution in [0.2, 0.25) is 0 Å². The molecular weight excluding hydrogens is 258 g/mol. The van der Waals surface area contributed by atoms with Crippen molar-refractivity contribution in [2.45, 2.75) is 26.8 Å². The van der Waals surface area contributed by atoms with Crippen molar-refractivity contribution in [1.82, 2.24) is 19.6 Å². The van der Waals surface area contributed by atoms with Crippen LogP contribution in [0.15, 0.2) is 27.7 Å². The Hall–Kier alpha value is -2.57. The highest BCUT2D eigenvalue weighted by Gasteiger charge is 2.13. The Kier molecular flexibility index (Phi) is 2.81. The number of aryl methyl sites for hydroxylation is 2. The van der Waals surface area contributed by atoms with Gasteiger partial charge in [0.2, 0.25) is 0 Å². The lowest BCUT2D eigenvalue weighted by Gasteiger charge is -2.13. The molecule has 0 saturated heterocycles. The van der Waals surface area contributed by atoms with Gasteiger partial charge in [0.1, 0.15) is 23.7 Å². The maximum absolute atomic E-state index is 11.4. The van der Waals surface area contributed by atoms with E-state index < -0.39 is 0 Å². The van der Waals surface area contributed by atoms with E-state index in [0.29, 0.717) is 11.5 Å². The molecule has 0 fully saturated rings. The number of furan rings is 1. The van der Waals surface area contributed by atoms with Crippen molar-refractivity contribution in [3.8, 4) is 0 Å². The van der Waals surface area contributed by atoms with Gasteiger partial charge in [-0.15, -0.1) is 0 Å². The first-order chi connectivity index (χ1) is 9.54. The number of H-pyrrole nitrogens is 1. The highest BCUT2D eigenvalue weighted by Crippen LogP contribution is 2.24. The van der Waals surface area contributed by atoms with Crippen LogP contribution in [-0.2, 0) is 0 Å². The summed E-state index contributed by atoms with van der Waals surface area (Å²) in [7, 11) is 0. The monoisotopic (exact) mass is 273 g/mol. The first-order valence-electron chi connectivity index (χ1n) is 6.31. The molecule has 0 aliphatic heterocycles. The summed E-state index contributed by atoms with van der Waals surface area (Å²) in [6, 6.07) is 3.77. The summed E-state index contributed by atoms with van der Waals surface area (Å²) in [4.78, 5) is 15.6. The Balaban J connectivity index is 1.88. The van der Waals surface area contributed by atoms with E-state index in [1.54, 1.807) is 6.07 Å². The molecule has 3 aromatic heterocycles. The number of aromatic nitrogens is 4. The average Bonchev–Trinajstić information content (AvgIpc) is 2.93. The number of nitrogens with zero attached hydrogens (tertiary/aromatic N) is 3. The molecule has 20 heavy (non-hydrogen) atoms. The highest BCUT2D eigenvalue weighted by molar-refractivity contribution is 5.49. The summed E-state index contributed by atoms with van der Waals surface area (Å²) in [5.41, 5.74) is 1.32. The fourth-order valence-electron chi connectivity index (χ4n) is 2.27. The minimum absolute atomic E-state index is 0.0491. The summed E-state index contributed by atoms with van der Waals surface area (Å²) in [5.74, 6) is 2.43. The zero-order valence-electron chi connectivity index (χ0n) is 11.5. The number of nitrogens with one attached hydrogen (secondary N) is 2. The van der Waals surface area contributed by atoms with Crippen molar-refractivity contribution in [2.75, 3.05) is 5.32 Å². The number of anilines is 1. The fourth-order valence-corrected chi connectivity index (χ4v) is 2.27. The van der Waals surface area contributed by atoms with Gasteiger partial charge in [0.25, 0.3) is 0 Å². The van der Waals surface area contributed by atoms with Gasteiger partial charge < -0.3 is 9.73 Å². The van der Waals surface area contributed by atoms with Crippen molar-refractivity contribution < 1.29 is 4.42 Å². The summed E-state index contributed by atoms with van der Waals surface area (Å²) in [6.45, 7) is 5.88. The second kappa shape index (κ2) is 4.52. The predicted molar refractivity (Wildman–Crippen MR) is 73.8 cm³/mol. The van der Waals surface area contributed by atoms with Crippen LogP contribution in [0.5, 0.6) is 0 Å². The lowest BCUT2D eigenvalue weighted by Crippen LogP contribution is -2.12. The van der Waals surface area contributed by atoms with Crippen molar-refractivity contribution in [3.63, 3.8) is 0 Å². The second-order valence-electron chi connectivity index (χ2n) is 4.77. The third-order valence-electron chi connectivity index (χ3n) is 3.22. The Morgan fingerprint density at radius 2 is 2.20 bits per heavy atom. The van der Waals surface area contributed by atoms with Crippen LogP contribution in [0.1, 0.15) is 30.0 Å². The summed E-state index contributed by atoms with van der Waals surface area (Å²) < 4.78 is 6.87. The maximum atomic E-state index is 11.4. The quantitative estimate of drug-likeness (QED) is 0.759. The van der Waals surface area contributed by atoms with Crippen LogP contribution >= 0.6 is 0 Å². The van der Waals surface area contributed by atoms with Gasteiger partial charge in [0.15, 0.2) is 5.65 Å². The first-order valence-corrected chi connectivity index (χ1v) is 6.31.